The Labute approximate surface area is 117 Å². The summed E-state index contributed by atoms with van der Waals surface area (Å²) in [4.78, 5) is 20.6. The van der Waals surface area contributed by atoms with Crippen LogP contribution in [0.4, 0.5) is 0 Å². The Morgan fingerprint density at radius 1 is 1.45 bits per heavy atom. The lowest BCUT2D eigenvalue weighted by Crippen LogP contribution is -2.34. The largest absolute Gasteiger partial charge is 0.349 e. The Hall–Kier alpha value is -1.98. The van der Waals surface area contributed by atoms with Crippen LogP contribution in [0.5, 0.6) is 0 Å². The van der Waals surface area contributed by atoms with Crippen LogP contribution in [0.25, 0.3) is 5.78 Å². The summed E-state index contributed by atoms with van der Waals surface area (Å²) in [5, 5.41) is 7.19. The second-order valence-electron chi connectivity index (χ2n) is 6.31. The molecule has 0 aliphatic heterocycles. The molecule has 0 saturated heterocycles. The Morgan fingerprint density at radius 2 is 2.25 bits per heavy atom. The van der Waals surface area contributed by atoms with Crippen molar-refractivity contribution in [1.82, 2.24) is 24.9 Å². The maximum atomic E-state index is 12.4. The minimum absolute atomic E-state index is 0.0740. The summed E-state index contributed by atoms with van der Waals surface area (Å²) in [7, 11) is 0. The van der Waals surface area contributed by atoms with Gasteiger partial charge in [0.15, 0.2) is 0 Å². The third-order valence-electron chi connectivity index (χ3n) is 4.09. The first kappa shape index (κ1) is 13.0. The number of aromatic nitrogens is 4. The van der Waals surface area contributed by atoms with E-state index in [1.807, 2.05) is 6.92 Å². The van der Waals surface area contributed by atoms with Gasteiger partial charge in [0.25, 0.3) is 11.7 Å². The molecule has 106 valence electrons. The van der Waals surface area contributed by atoms with Gasteiger partial charge in [-0.15, -0.1) is 0 Å². The highest BCUT2D eigenvalue weighted by molar-refractivity contribution is 5.95. The van der Waals surface area contributed by atoms with Gasteiger partial charge < -0.3 is 5.32 Å². The van der Waals surface area contributed by atoms with Gasteiger partial charge in [-0.05, 0) is 31.6 Å². The van der Waals surface area contributed by atoms with E-state index in [0.717, 1.165) is 25.0 Å². The third kappa shape index (κ3) is 2.26. The van der Waals surface area contributed by atoms with Crippen molar-refractivity contribution in [2.45, 2.75) is 46.1 Å². The number of hydrogen-bond donors (Lipinski definition) is 1. The molecular formula is C14H19N5O. The van der Waals surface area contributed by atoms with Crippen molar-refractivity contribution < 1.29 is 4.79 Å². The fourth-order valence-corrected chi connectivity index (χ4v) is 2.94. The molecule has 1 aliphatic rings. The zero-order valence-electron chi connectivity index (χ0n) is 12.1. The lowest BCUT2D eigenvalue weighted by molar-refractivity contribution is 0.0934. The summed E-state index contributed by atoms with van der Waals surface area (Å²) in [6, 6.07) is 0.253. The summed E-state index contributed by atoms with van der Waals surface area (Å²) in [5.41, 5.74) is 1.65. The van der Waals surface area contributed by atoms with Crippen molar-refractivity contribution in [3.63, 3.8) is 0 Å². The van der Waals surface area contributed by atoms with E-state index in [2.05, 4.69) is 34.2 Å². The van der Waals surface area contributed by atoms with E-state index >= 15 is 0 Å². The van der Waals surface area contributed by atoms with Gasteiger partial charge in [-0.3, -0.25) is 4.79 Å². The molecule has 1 atom stereocenters. The summed E-state index contributed by atoms with van der Waals surface area (Å²) in [6.45, 7) is 6.34. The highest BCUT2D eigenvalue weighted by Crippen LogP contribution is 2.36. The van der Waals surface area contributed by atoms with Gasteiger partial charge in [-0.1, -0.05) is 13.8 Å². The van der Waals surface area contributed by atoms with Crippen LogP contribution in [0.2, 0.25) is 0 Å². The SMILES string of the molecule is Cc1c(C(=O)NC2CCC(C)(C)C2)cnc2ncnn12. The topological polar surface area (TPSA) is 72.2 Å². The monoisotopic (exact) mass is 273 g/mol. The molecule has 0 bridgehead atoms. The van der Waals surface area contributed by atoms with Crippen LogP contribution < -0.4 is 5.32 Å². The number of amides is 1. The van der Waals surface area contributed by atoms with Gasteiger partial charge in [-0.2, -0.15) is 10.1 Å². The van der Waals surface area contributed by atoms with Crippen LogP contribution >= 0.6 is 0 Å². The normalized spacial score (nSPS) is 21.2. The van der Waals surface area contributed by atoms with E-state index in [4.69, 9.17) is 0 Å². The molecule has 2 heterocycles. The first-order valence-corrected chi connectivity index (χ1v) is 6.92. The summed E-state index contributed by atoms with van der Waals surface area (Å²) >= 11 is 0. The second kappa shape index (κ2) is 4.54. The molecule has 2 aromatic heterocycles. The predicted octanol–water partition coefficient (Wildman–Crippen LogP) is 1.74. The van der Waals surface area contributed by atoms with E-state index in [0.29, 0.717) is 16.8 Å². The Morgan fingerprint density at radius 3 is 2.95 bits per heavy atom. The molecule has 2 aromatic rings. The van der Waals surface area contributed by atoms with Crippen LogP contribution in [0.3, 0.4) is 0 Å². The molecule has 1 fully saturated rings. The minimum atomic E-state index is -0.0740. The fraction of sp³-hybridized carbons (Fsp3) is 0.571. The number of hydrogen-bond acceptors (Lipinski definition) is 4. The maximum absolute atomic E-state index is 12.4. The third-order valence-corrected chi connectivity index (χ3v) is 4.09. The van der Waals surface area contributed by atoms with Crippen molar-refractivity contribution in [3.05, 3.63) is 23.8 Å². The number of carbonyl (C=O) groups excluding carboxylic acids is 1. The molecule has 1 aliphatic carbocycles. The Balaban J connectivity index is 1.81. The first-order chi connectivity index (χ1) is 9.46. The molecule has 6 nitrogen and oxygen atoms in total. The van der Waals surface area contributed by atoms with Crippen molar-refractivity contribution in [3.8, 4) is 0 Å². The zero-order valence-corrected chi connectivity index (χ0v) is 12.1. The van der Waals surface area contributed by atoms with Crippen LogP contribution in [-0.2, 0) is 0 Å². The van der Waals surface area contributed by atoms with E-state index in [1.165, 1.54) is 6.33 Å². The first-order valence-electron chi connectivity index (χ1n) is 6.92. The molecular weight excluding hydrogens is 254 g/mol. The molecule has 3 rings (SSSR count). The average Bonchev–Trinajstić information content (AvgIpc) is 2.96. The molecule has 20 heavy (non-hydrogen) atoms. The molecule has 1 unspecified atom stereocenters. The number of aryl methyl sites for hydroxylation is 1. The van der Waals surface area contributed by atoms with Gasteiger partial charge in [0.1, 0.15) is 6.33 Å². The quantitative estimate of drug-likeness (QED) is 0.904. The molecule has 1 N–H and O–H groups in total. The van der Waals surface area contributed by atoms with Crippen LogP contribution in [0.1, 0.15) is 49.2 Å². The minimum Gasteiger partial charge on any atom is -0.349 e. The van der Waals surface area contributed by atoms with Crippen molar-refractivity contribution >= 4 is 11.7 Å². The Kier molecular flexibility index (Phi) is 2.96. The average molecular weight is 273 g/mol. The van der Waals surface area contributed by atoms with Gasteiger partial charge in [0.2, 0.25) is 0 Å². The predicted molar refractivity (Wildman–Crippen MR) is 74.4 cm³/mol. The van der Waals surface area contributed by atoms with Crippen LogP contribution in [0.15, 0.2) is 12.5 Å². The van der Waals surface area contributed by atoms with Gasteiger partial charge in [0.05, 0.1) is 11.3 Å². The fourth-order valence-electron chi connectivity index (χ4n) is 2.94. The van der Waals surface area contributed by atoms with Gasteiger partial charge >= 0.3 is 0 Å². The summed E-state index contributed by atoms with van der Waals surface area (Å²) < 4.78 is 1.59. The van der Waals surface area contributed by atoms with Crippen molar-refractivity contribution in [2.24, 2.45) is 5.41 Å². The molecule has 0 spiro atoms. The lowest BCUT2D eigenvalue weighted by atomic mass is 9.92. The van der Waals surface area contributed by atoms with Crippen molar-refractivity contribution in [1.29, 1.82) is 0 Å². The highest BCUT2D eigenvalue weighted by Gasteiger charge is 2.32. The van der Waals surface area contributed by atoms with E-state index in [1.54, 1.807) is 10.7 Å². The summed E-state index contributed by atoms with van der Waals surface area (Å²) in [6.07, 6.45) is 6.23. The molecule has 1 amide bonds. The highest BCUT2D eigenvalue weighted by atomic mass is 16.1. The number of carbonyl (C=O) groups is 1. The zero-order chi connectivity index (χ0) is 14.3. The number of rotatable bonds is 2. The van der Waals surface area contributed by atoms with Gasteiger partial charge in [0, 0.05) is 12.2 Å². The van der Waals surface area contributed by atoms with E-state index in [9.17, 15) is 4.79 Å². The Bertz CT molecular complexity index is 661. The molecule has 0 aromatic carbocycles. The lowest BCUT2D eigenvalue weighted by Gasteiger charge is -2.18. The summed E-state index contributed by atoms with van der Waals surface area (Å²) in [5.74, 6) is 0.441. The molecule has 0 radical (unpaired) electrons. The standard InChI is InChI=1S/C14H19N5O/c1-9-11(7-15-13-16-8-17-19(9)13)12(20)18-10-4-5-14(2,3)6-10/h7-8,10H,4-6H2,1-3H3,(H,18,20). The van der Waals surface area contributed by atoms with Crippen LogP contribution in [-0.4, -0.2) is 31.5 Å². The number of nitrogens with zero attached hydrogens (tertiary/aromatic N) is 4. The van der Waals surface area contributed by atoms with Crippen molar-refractivity contribution in [2.75, 3.05) is 0 Å². The molecule has 1 saturated carbocycles. The van der Waals surface area contributed by atoms with Gasteiger partial charge in [-0.25, -0.2) is 9.50 Å². The second-order valence-corrected chi connectivity index (χ2v) is 6.31. The smallest absolute Gasteiger partial charge is 0.254 e. The number of fused-ring (bicyclic) bond motifs is 1. The molecule has 6 heteroatoms. The van der Waals surface area contributed by atoms with Crippen LogP contribution in [0, 0.1) is 12.3 Å². The van der Waals surface area contributed by atoms with E-state index < -0.39 is 0 Å². The maximum Gasteiger partial charge on any atom is 0.254 e. The van der Waals surface area contributed by atoms with E-state index in [-0.39, 0.29) is 11.9 Å². The number of nitrogens with one attached hydrogen (secondary N) is 1.